The van der Waals surface area contributed by atoms with Crippen molar-refractivity contribution in [1.29, 1.82) is 5.53 Å². The molecule has 4 aromatic rings. The van der Waals surface area contributed by atoms with Crippen molar-refractivity contribution in [2.24, 2.45) is 31.4 Å². The van der Waals surface area contributed by atoms with Gasteiger partial charge in [-0.05, 0) is 185 Å². The van der Waals surface area contributed by atoms with Gasteiger partial charge in [0.2, 0.25) is 0 Å². The highest BCUT2D eigenvalue weighted by Crippen LogP contribution is 2.22. The maximum Gasteiger partial charge on any atom is 0.268 e. The lowest BCUT2D eigenvalue weighted by Gasteiger charge is -2.36. The molecule has 5 rings (SSSR count). The summed E-state index contributed by atoms with van der Waals surface area (Å²) in [5.41, 5.74) is 17.3. The average molecular weight is 967 g/mol. The van der Waals surface area contributed by atoms with E-state index in [1.807, 2.05) is 41.9 Å². The fourth-order valence-electron chi connectivity index (χ4n) is 5.93. The number of piperazine rings is 1. The topological polar surface area (TPSA) is 207 Å². The van der Waals surface area contributed by atoms with E-state index in [2.05, 4.69) is 242 Å². The molecule has 0 unspecified atom stereocenters. The number of fused-ring (bicyclic) bond motifs is 1. The van der Waals surface area contributed by atoms with E-state index in [0.29, 0.717) is 12.4 Å². The van der Waals surface area contributed by atoms with Crippen molar-refractivity contribution in [1.82, 2.24) is 24.8 Å². The molecule has 1 amide bonds. The van der Waals surface area contributed by atoms with Crippen LogP contribution in [0.5, 0.6) is 0 Å². The number of rotatable bonds is 10. The molecule has 372 valence electrons. The zero-order valence-electron chi connectivity index (χ0n) is 39.5. The van der Waals surface area contributed by atoms with Crippen molar-refractivity contribution in [3.05, 3.63) is 88.5 Å². The number of hydrogen-bond donors (Lipinski definition) is 3. The second kappa shape index (κ2) is 35.0. The van der Waals surface area contributed by atoms with Gasteiger partial charge in [-0.2, -0.15) is 5.53 Å². The Bertz CT molecular complexity index is 3460. The molecule has 0 aliphatic carbocycles. The lowest BCUT2D eigenvalue weighted by atomic mass is 10.1. The highest BCUT2D eigenvalue weighted by Gasteiger charge is 2.22. The normalized spacial score (nSPS) is 9.86. The van der Waals surface area contributed by atoms with Crippen LogP contribution in [0, 0.1) is 171 Å². The fraction of sp³-hybridized carbons (Fsp3) is 0.196. The van der Waals surface area contributed by atoms with Crippen molar-refractivity contribution in [2.75, 3.05) is 36.8 Å². The summed E-state index contributed by atoms with van der Waals surface area (Å²) in [6.07, 6.45) is 5.40. The number of amides is 1. The Morgan fingerprint density at radius 1 is 0.681 bits per heavy atom. The molecule has 16 nitrogen and oxygen atoms in total. The van der Waals surface area contributed by atoms with Crippen molar-refractivity contribution in [3.63, 3.8) is 0 Å². The summed E-state index contributed by atoms with van der Waals surface area (Å²) in [5, 5.41) is 20.0. The molecule has 1 fully saturated rings. The summed E-state index contributed by atoms with van der Waals surface area (Å²) in [7, 11) is 0. The van der Waals surface area contributed by atoms with Crippen LogP contribution in [0.3, 0.4) is 0 Å². The number of pyridine rings is 2. The van der Waals surface area contributed by atoms with Gasteiger partial charge in [0.25, 0.3) is 5.91 Å². The zero-order chi connectivity index (χ0) is 51.7. The molecule has 1 saturated heterocycles. The third-order valence-corrected chi connectivity index (χ3v) is 8.95. The number of nitroso groups, excluding NO2 is 1. The van der Waals surface area contributed by atoms with Gasteiger partial charge in [-0.25, -0.2) is 4.98 Å². The van der Waals surface area contributed by atoms with Crippen molar-refractivity contribution in [3.8, 4) is 154 Å². The molecule has 4 N–H and O–H groups in total. The minimum atomic E-state index is -0.0527. The maximum absolute atomic E-state index is 13.2. The van der Waals surface area contributed by atoms with Crippen LogP contribution in [0.25, 0.3) is 10.8 Å². The van der Waals surface area contributed by atoms with E-state index in [0.717, 1.165) is 66.9 Å². The summed E-state index contributed by atoms with van der Waals surface area (Å²) in [5.74, 6) is 66.1. The van der Waals surface area contributed by atoms with Gasteiger partial charge in [-0.3, -0.25) is 14.7 Å². The second-order valence-corrected chi connectivity index (χ2v) is 13.3. The third-order valence-electron chi connectivity index (χ3n) is 8.95. The Kier molecular flexibility index (Phi) is 26.8. The molecule has 1 aliphatic rings. The van der Waals surface area contributed by atoms with Crippen LogP contribution < -0.4 is 16.0 Å². The number of benzene rings is 1. The Morgan fingerprint density at radius 2 is 1.18 bits per heavy atom. The number of nitrogen functional groups attached to an aromatic ring is 1. The fourth-order valence-corrected chi connectivity index (χ4v) is 5.93. The molecular formula is C56H66N14O2. The molecule has 1 aromatic carbocycles. The van der Waals surface area contributed by atoms with Crippen LogP contribution in [0.1, 0.15) is 66.6 Å². The molecule has 0 saturated carbocycles. The Labute approximate surface area is 439 Å². The van der Waals surface area contributed by atoms with Crippen LogP contribution >= 0.6 is 0 Å². The molecule has 4 heterocycles. The number of hydrogen-bond acceptors (Lipinski definition) is 8. The number of nitrogens with one attached hydrogen (secondary N) is 2. The summed E-state index contributed by atoms with van der Waals surface area (Å²) in [6.45, 7) is 13.6. The summed E-state index contributed by atoms with van der Waals surface area (Å²) < 4.78 is 2.16. The number of carbonyl (C=O) groups excluding carboxylic acids is 1. The van der Waals surface area contributed by atoms with E-state index in [1.165, 1.54) is 11.4 Å². The molecule has 0 bridgehead atoms. The molecule has 72 heavy (non-hydrogen) atoms. The van der Waals surface area contributed by atoms with E-state index >= 15 is 0 Å². The van der Waals surface area contributed by atoms with E-state index in [9.17, 15) is 4.79 Å². The lowest BCUT2D eigenvalue weighted by molar-refractivity contribution is 0.0941. The highest BCUT2D eigenvalue weighted by molar-refractivity contribution is 5.94. The monoisotopic (exact) mass is 967 g/mol. The predicted octanol–water partition coefficient (Wildman–Crippen LogP) is 9.30. The number of nitrogens with zero attached hydrogens (tertiary/aromatic N) is 11. The maximum atomic E-state index is 13.2. The van der Waals surface area contributed by atoms with Gasteiger partial charge in [-0.1, -0.05) is 24.0 Å². The largest absolute Gasteiger partial charge is 0.383 e. The first kappa shape index (κ1) is 55.1. The number of anilines is 2. The molecular weight excluding hydrogens is 901 g/mol. The molecule has 0 atom stereocenters. The van der Waals surface area contributed by atoms with Gasteiger partial charge in [0.1, 0.15) is 16.8 Å². The van der Waals surface area contributed by atoms with E-state index < -0.39 is 0 Å². The van der Waals surface area contributed by atoms with Gasteiger partial charge < -0.3 is 20.5 Å². The van der Waals surface area contributed by atoms with Gasteiger partial charge in [0.15, 0.2) is 0 Å². The van der Waals surface area contributed by atoms with Crippen molar-refractivity contribution >= 4 is 28.2 Å². The third kappa shape index (κ3) is 21.8. The summed E-state index contributed by atoms with van der Waals surface area (Å²) >= 11 is 0. The first-order valence-corrected chi connectivity index (χ1v) is 21.2. The van der Waals surface area contributed by atoms with E-state index in [-0.39, 0.29) is 24.5 Å². The highest BCUT2D eigenvalue weighted by atomic mass is 16.3. The van der Waals surface area contributed by atoms with Crippen LogP contribution in [0.15, 0.2) is 92.5 Å². The predicted molar refractivity (Wildman–Crippen MR) is 304 cm³/mol. The Balaban J connectivity index is -0.000000114. The molecule has 1 aliphatic heterocycles. The van der Waals surface area contributed by atoms with Crippen molar-refractivity contribution in [2.45, 2.75) is 47.3 Å². The van der Waals surface area contributed by atoms with Gasteiger partial charge >= 0.3 is 0 Å². The van der Waals surface area contributed by atoms with Gasteiger partial charge in [-0.15, -0.1) is 4.91 Å². The van der Waals surface area contributed by atoms with Crippen molar-refractivity contribution < 1.29 is 23.3 Å². The standard InChI is InChI=1S/C28H33N7O.C28H6.HN7O.13H2/c1-3-35-25(28(36)32-18-21-4-5-24-22(17-21)6-11-31-27(24)29)16-20(2)26(35)19-33-12-14-34(15-13-33)23-7-9-30-10-8-23;1-3-5-7-9-11-13-15-17-19-21-23-25-27-28-26-24-22-20-18-16-14-12-10-8-6-4-2;1-2-3-4-5-6-7-8;;;;;;;;;;;;;/h4-11,16-17H,3,12-15,18-19H2,1-2H3,(H2,29,31)(H,32,36);1-2H3;1H;13*1H/b;;2-1?,4-3+,6-5+;;;;;;;;;;;;;. The quantitative estimate of drug-likeness (QED) is 0.0607. The number of nitrogens with two attached hydrogens (primary N) is 1. The SMILES string of the molecule is CC#CC#CC#CC#CC#CC#CC#CC#CC#CC#CC#CC#CC#CC.CCn1c(C(=O)NCc2ccc3c(N)nccc3c2)cc(C)c1CN1CCN(c2ccncc2)CC1.N=N/N=N/N=N/N=O.[HH].[HH].[HH].[HH].[HH].[HH].[HH].[HH].[HH].[HH].[HH].[HH].[HH]. The van der Waals surface area contributed by atoms with Crippen LogP contribution in [0.2, 0.25) is 0 Å². The van der Waals surface area contributed by atoms with E-state index in [4.69, 9.17) is 16.2 Å². The van der Waals surface area contributed by atoms with Gasteiger partial charge in [0.05, 0.1) is 0 Å². The van der Waals surface area contributed by atoms with Gasteiger partial charge in [0, 0.05) is 158 Å². The number of aromatic nitrogens is 3. The molecule has 16 heteroatoms. The Hall–Kier alpha value is -11.2. The Morgan fingerprint density at radius 3 is 1.65 bits per heavy atom. The summed E-state index contributed by atoms with van der Waals surface area (Å²) in [4.78, 5) is 35.4. The minimum absolute atomic E-state index is 0. The van der Waals surface area contributed by atoms with Crippen LogP contribution in [0.4, 0.5) is 11.5 Å². The minimum Gasteiger partial charge on any atom is -0.383 e. The lowest BCUT2D eigenvalue weighted by Crippen LogP contribution is -2.46. The first-order chi connectivity index (χ1) is 35.4. The molecule has 0 spiro atoms. The summed E-state index contributed by atoms with van der Waals surface area (Å²) in [6, 6.07) is 14.1. The first-order valence-electron chi connectivity index (χ1n) is 21.2. The number of aryl methyl sites for hydroxylation is 1. The number of carbonyl (C=O) groups is 1. The molecule has 3 aromatic heterocycles. The van der Waals surface area contributed by atoms with Crippen LogP contribution in [-0.2, 0) is 19.6 Å². The van der Waals surface area contributed by atoms with E-state index in [1.54, 1.807) is 20.0 Å². The smallest absolute Gasteiger partial charge is 0.268 e. The zero-order valence-corrected chi connectivity index (χ0v) is 39.5. The van der Waals surface area contributed by atoms with Crippen LogP contribution in [-0.4, -0.2) is 51.5 Å². The molecule has 0 radical (unpaired) electrons. The second-order valence-electron chi connectivity index (χ2n) is 13.3. The average Bonchev–Trinajstić information content (AvgIpc) is 3.72.